The summed E-state index contributed by atoms with van der Waals surface area (Å²) in [6.45, 7) is 0.750. The average Bonchev–Trinajstić information content (AvgIpc) is 3.02. The number of rotatable bonds is 4. The molecule has 0 saturated heterocycles. The van der Waals surface area contributed by atoms with E-state index >= 15 is 0 Å². The van der Waals surface area contributed by atoms with Crippen LogP contribution in [0.2, 0.25) is 0 Å². The fourth-order valence-corrected chi connectivity index (χ4v) is 1.31. The van der Waals surface area contributed by atoms with Crippen molar-refractivity contribution >= 4 is 0 Å². The van der Waals surface area contributed by atoms with Crippen LogP contribution in [0.3, 0.4) is 0 Å². The molecule has 3 heteroatoms. The van der Waals surface area contributed by atoms with Crippen molar-refractivity contribution in [3.05, 3.63) is 24.0 Å². The fourth-order valence-electron chi connectivity index (χ4n) is 1.31. The third-order valence-electron chi connectivity index (χ3n) is 2.34. The molecule has 0 amide bonds. The summed E-state index contributed by atoms with van der Waals surface area (Å²) in [5.74, 6) is 1.63. The Morgan fingerprint density at radius 3 is 3.14 bits per heavy atom. The summed E-state index contributed by atoms with van der Waals surface area (Å²) in [6.07, 6.45) is 5.43. The third kappa shape index (κ3) is 2.46. The molecule has 0 radical (unpaired) electrons. The summed E-state index contributed by atoms with van der Waals surface area (Å²) in [6, 6.07) is 5.45. The summed E-state index contributed by atoms with van der Waals surface area (Å²) in [5, 5.41) is 8.62. The molecule has 14 heavy (non-hydrogen) atoms. The van der Waals surface area contributed by atoms with Crippen molar-refractivity contribution in [3.8, 4) is 11.8 Å². The largest absolute Gasteiger partial charge is 0.493 e. The zero-order chi connectivity index (χ0) is 9.80. The van der Waals surface area contributed by atoms with Crippen LogP contribution in [-0.4, -0.2) is 11.6 Å². The number of nitrogens with zero attached hydrogens (tertiary/aromatic N) is 2. The maximum absolute atomic E-state index is 8.62. The van der Waals surface area contributed by atoms with Crippen LogP contribution in [0, 0.1) is 17.2 Å². The fraction of sp³-hybridized carbons (Fsp3) is 0.455. The Kier molecular flexibility index (Phi) is 2.64. The molecule has 0 spiro atoms. The Bertz CT molecular complexity index is 353. The minimum atomic E-state index is 0.411. The van der Waals surface area contributed by atoms with Gasteiger partial charge < -0.3 is 4.74 Å². The molecule has 2 rings (SSSR count). The highest BCUT2D eigenvalue weighted by Gasteiger charge is 2.20. The second-order valence-electron chi connectivity index (χ2n) is 3.57. The molecule has 0 bridgehead atoms. The van der Waals surface area contributed by atoms with Gasteiger partial charge in [0.1, 0.15) is 17.5 Å². The van der Waals surface area contributed by atoms with Crippen LogP contribution in [0.5, 0.6) is 5.75 Å². The molecule has 0 unspecified atom stereocenters. The minimum absolute atomic E-state index is 0.411. The number of pyridine rings is 1. The van der Waals surface area contributed by atoms with E-state index in [1.54, 1.807) is 18.3 Å². The quantitative estimate of drug-likeness (QED) is 0.727. The standard InChI is InChI=1S/C11H12N2O/c12-8-10-7-11(3-5-13-10)14-6-4-9-1-2-9/h3,5,7,9H,1-2,4,6H2. The Balaban J connectivity index is 1.85. The molecule has 1 heterocycles. The van der Waals surface area contributed by atoms with Crippen LogP contribution in [0.1, 0.15) is 25.0 Å². The molecule has 1 aromatic heterocycles. The summed E-state index contributed by atoms with van der Waals surface area (Å²) < 4.78 is 5.51. The number of aromatic nitrogens is 1. The highest BCUT2D eigenvalue weighted by Crippen LogP contribution is 2.32. The van der Waals surface area contributed by atoms with Gasteiger partial charge in [-0.05, 0) is 18.4 Å². The lowest BCUT2D eigenvalue weighted by molar-refractivity contribution is 0.302. The van der Waals surface area contributed by atoms with E-state index in [9.17, 15) is 0 Å². The van der Waals surface area contributed by atoms with E-state index < -0.39 is 0 Å². The van der Waals surface area contributed by atoms with Gasteiger partial charge in [0.05, 0.1) is 6.61 Å². The normalized spacial score (nSPS) is 14.8. The third-order valence-corrected chi connectivity index (χ3v) is 2.34. The zero-order valence-electron chi connectivity index (χ0n) is 7.94. The lowest BCUT2D eigenvalue weighted by atomic mass is 10.3. The predicted molar refractivity (Wildman–Crippen MR) is 51.8 cm³/mol. The van der Waals surface area contributed by atoms with E-state index in [2.05, 4.69) is 4.98 Å². The van der Waals surface area contributed by atoms with E-state index in [1.807, 2.05) is 6.07 Å². The van der Waals surface area contributed by atoms with E-state index in [0.717, 1.165) is 24.7 Å². The summed E-state index contributed by atoms with van der Waals surface area (Å²) in [4.78, 5) is 3.87. The van der Waals surface area contributed by atoms with Crippen molar-refractivity contribution in [2.24, 2.45) is 5.92 Å². The van der Waals surface area contributed by atoms with Gasteiger partial charge in [-0.25, -0.2) is 4.98 Å². The SMILES string of the molecule is N#Cc1cc(OCCC2CC2)ccn1. The lowest BCUT2D eigenvalue weighted by Crippen LogP contribution is -1.98. The number of hydrogen-bond acceptors (Lipinski definition) is 3. The zero-order valence-corrected chi connectivity index (χ0v) is 7.94. The van der Waals surface area contributed by atoms with Crippen molar-refractivity contribution < 1.29 is 4.74 Å². The van der Waals surface area contributed by atoms with Crippen molar-refractivity contribution in [2.45, 2.75) is 19.3 Å². The smallest absolute Gasteiger partial charge is 0.144 e. The molecule has 1 aromatic rings. The van der Waals surface area contributed by atoms with Gasteiger partial charge in [0.15, 0.2) is 0 Å². The van der Waals surface area contributed by atoms with Gasteiger partial charge in [-0.3, -0.25) is 0 Å². The van der Waals surface area contributed by atoms with Gasteiger partial charge in [-0.1, -0.05) is 12.8 Å². The summed E-state index contributed by atoms with van der Waals surface area (Å²) >= 11 is 0. The highest BCUT2D eigenvalue weighted by atomic mass is 16.5. The lowest BCUT2D eigenvalue weighted by Gasteiger charge is -2.04. The van der Waals surface area contributed by atoms with Crippen LogP contribution in [0.15, 0.2) is 18.3 Å². The molecule has 1 fully saturated rings. The van der Waals surface area contributed by atoms with Gasteiger partial charge >= 0.3 is 0 Å². The first-order valence-electron chi connectivity index (χ1n) is 4.87. The van der Waals surface area contributed by atoms with Crippen molar-refractivity contribution in [3.63, 3.8) is 0 Å². The molecule has 1 aliphatic rings. The van der Waals surface area contributed by atoms with Gasteiger partial charge in [0.2, 0.25) is 0 Å². The second kappa shape index (κ2) is 4.10. The Morgan fingerprint density at radius 2 is 2.43 bits per heavy atom. The first-order chi connectivity index (χ1) is 6.88. The maximum atomic E-state index is 8.62. The Hall–Kier alpha value is -1.56. The Labute approximate surface area is 83.3 Å². The van der Waals surface area contributed by atoms with E-state index in [1.165, 1.54) is 12.8 Å². The van der Waals surface area contributed by atoms with Crippen LogP contribution in [0.25, 0.3) is 0 Å². The average molecular weight is 188 g/mol. The highest BCUT2D eigenvalue weighted by molar-refractivity contribution is 5.29. The van der Waals surface area contributed by atoms with E-state index in [-0.39, 0.29) is 0 Å². The van der Waals surface area contributed by atoms with Gasteiger partial charge in [-0.2, -0.15) is 5.26 Å². The van der Waals surface area contributed by atoms with Crippen LogP contribution < -0.4 is 4.74 Å². The summed E-state index contributed by atoms with van der Waals surface area (Å²) in [5.41, 5.74) is 0.411. The molecular formula is C11H12N2O. The van der Waals surface area contributed by atoms with E-state index in [0.29, 0.717) is 5.69 Å². The second-order valence-corrected chi connectivity index (χ2v) is 3.57. The first-order valence-corrected chi connectivity index (χ1v) is 4.87. The first kappa shape index (κ1) is 9.01. The van der Waals surface area contributed by atoms with Gasteiger partial charge in [0, 0.05) is 12.3 Å². The number of nitriles is 1. The van der Waals surface area contributed by atoms with Crippen LogP contribution in [0.4, 0.5) is 0 Å². The predicted octanol–water partition coefficient (Wildman–Crippen LogP) is 2.13. The molecule has 0 aliphatic heterocycles. The number of ether oxygens (including phenoxy) is 1. The van der Waals surface area contributed by atoms with Crippen molar-refractivity contribution in [1.29, 1.82) is 5.26 Å². The summed E-state index contributed by atoms with van der Waals surface area (Å²) in [7, 11) is 0. The molecule has 72 valence electrons. The van der Waals surface area contributed by atoms with Crippen LogP contribution >= 0.6 is 0 Å². The topological polar surface area (TPSA) is 45.9 Å². The molecule has 0 N–H and O–H groups in total. The minimum Gasteiger partial charge on any atom is -0.493 e. The molecule has 1 saturated carbocycles. The molecule has 1 aliphatic carbocycles. The molecule has 3 nitrogen and oxygen atoms in total. The maximum Gasteiger partial charge on any atom is 0.144 e. The molecule has 0 aromatic carbocycles. The van der Waals surface area contributed by atoms with Crippen LogP contribution in [-0.2, 0) is 0 Å². The molecular weight excluding hydrogens is 176 g/mol. The van der Waals surface area contributed by atoms with E-state index in [4.69, 9.17) is 10.00 Å². The monoisotopic (exact) mass is 188 g/mol. The van der Waals surface area contributed by atoms with Gasteiger partial charge in [0.25, 0.3) is 0 Å². The Morgan fingerprint density at radius 1 is 1.57 bits per heavy atom. The van der Waals surface area contributed by atoms with Crippen molar-refractivity contribution in [1.82, 2.24) is 4.98 Å². The molecule has 0 atom stereocenters. The number of hydrogen-bond donors (Lipinski definition) is 0. The van der Waals surface area contributed by atoms with Gasteiger partial charge in [-0.15, -0.1) is 0 Å². The van der Waals surface area contributed by atoms with Crippen molar-refractivity contribution in [2.75, 3.05) is 6.61 Å².